The van der Waals surface area contributed by atoms with Crippen LogP contribution in [0.25, 0.3) is 0 Å². The standard InChI is InChI=1S/C15H14Cl3NO3S/c1-9-4-5-10(16)8-11(9)19(2)23(20,21)13-7-6-12(22-3)14(17)15(13)18/h4-8H,1-3H3. The van der Waals surface area contributed by atoms with Crippen LogP contribution < -0.4 is 9.04 Å². The van der Waals surface area contributed by atoms with Crippen LogP contribution in [0.2, 0.25) is 15.1 Å². The average molecular weight is 395 g/mol. The molecule has 0 aromatic heterocycles. The molecule has 2 rings (SSSR count). The van der Waals surface area contributed by atoms with E-state index >= 15 is 0 Å². The number of aryl methyl sites for hydroxylation is 1. The topological polar surface area (TPSA) is 46.6 Å². The van der Waals surface area contributed by atoms with Gasteiger partial charge in [-0.3, -0.25) is 4.31 Å². The zero-order chi connectivity index (χ0) is 17.4. The van der Waals surface area contributed by atoms with E-state index in [0.717, 1.165) is 9.87 Å². The first-order chi connectivity index (χ1) is 10.7. The smallest absolute Gasteiger partial charge is 0.265 e. The molecule has 124 valence electrons. The van der Waals surface area contributed by atoms with Crippen LogP contribution in [0.15, 0.2) is 35.2 Å². The molecule has 0 aliphatic rings. The molecular weight excluding hydrogens is 381 g/mol. The van der Waals surface area contributed by atoms with Crippen molar-refractivity contribution in [3.8, 4) is 5.75 Å². The number of nitrogens with zero attached hydrogens (tertiary/aromatic N) is 1. The van der Waals surface area contributed by atoms with E-state index in [1.165, 1.54) is 26.3 Å². The predicted octanol–water partition coefficient (Wildman–Crippen LogP) is 4.79. The Morgan fingerprint density at radius 3 is 2.30 bits per heavy atom. The molecule has 0 saturated carbocycles. The first-order valence-electron chi connectivity index (χ1n) is 6.47. The summed E-state index contributed by atoms with van der Waals surface area (Å²) in [6, 6.07) is 7.83. The number of halogens is 3. The molecule has 0 unspecified atom stereocenters. The summed E-state index contributed by atoms with van der Waals surface area (Å²) in [6.45, 7) is 1.79. The van der Waals surface area contributed by atoms with Crippen LogP contribution in [-0.2, 0) is 10.0 Å². The maximum absolute atomic E-state index is 12.9. The zero-order valence-electron chi connectivity index (χ0n) is 12.6. The first kappa shape index (κ1) is 18.2. The second-order valence-corrected chi connectivity index (χ2v) is 7.93. The molecule has 0 aliphatic carbocycles. The predicted molar refractivity (Wildman–Crippen MR) is 94.8 cm³/mol. The SMILES string of the molecule is COc1ccc(S(=O)(=O)N(C)c2cc(Cl)ccc2C)c(Cl)c1Cl. The monoisotopic (exact) mass is 393 g/mol. The normalized spacial score (nSPS) is 11.4. The highest BCUT2D eigenvalue weighted by atomic mass is 35.5. The number of methoxy groups -OCH3 is 1. The third-order valence-electron chi connectivity index (χ3n) is 3.38. The van der Waals surface area contributed by atoms with E-state index in [1.807, 2.05) is 0 Å². The molecule has 4 nitrogen and oxygen atoms in total. The minimum Gasteiger partial charge on any atom is -0.495 e. The van der Waals surface area contributed by atoms with Gasteiger partial charge in [-0.05, 0) is 36.8 Å². The van der Waals surface area contributed by atoms with Crippen molar-refractivity contribution in [2.75, 3.05) is 18.5 Å². The van der Waals surface area contributed by atoms with Gasteiger partial charge in [0.1, 0.15) is 15.7 Å². The summed E-state index contributed by atoms with van der Waals surface area (Å²) >= 11 is 18.1. The largest absolute Gasteiger partial charge is 0.495 e. The molecule has 0 atom stereocenters. The van der Waals surface area contributed by atoms with E-state index in [9.17, 15) is 8.42 Å². The molecular formula is C15H14Cl3NO3S. The fourth-order valence-electron chi connectivity index (χ4n) is 2.07. The number of hydrogen-bond acceptors (Lipinski definition) is 3. The van der Waals surface area contributed by atoms with Gasteiger partial charge in [0.15, 0.2) is 0 Å². The highest BCUT2D eigenvalue weighted by Crippen LogP contribution is 2.38. The molecule has 0 radical (unpaired) electrons. The van der Waals surface area contributed by atoms with Crippen LogP contribution >= 0.6 is 34.8 Å². The summed E-state index contributed by atoms with van der Waals surface area (Å²) in [7, 11) is -1.05. The van der Waals surface area contributed by atoms with Crippen molar-refractivity contribution in [1.29, 1.82) is 0 Å². The average Bonchev–Trinajstić information content (AvgIpc) is 2.51. The Morgan fingerprint density at radius 2 is 1.70 bits per heavy atom. The second-order valence-electron chi connectivity index (χ2n) is 4.80. The van der Waals surface area contributed by atoms with Crippen LogP contribution in [-0.4, -0.2) is 22.6 Å². The molecule has 0 bridgehead atoms. The van der Waals surface area contributed by atoms with Gasteiger partial charge < -0.3 is 4.74 Å². The van der Waals surface area contributed by atoms with Gasteiger partial charge in [-0.25, -0.2) is 8.42 Å². The highest BCUT2D eigenvalue weighted by molar-refractivity contribution is 7.93. The van der Waals surface area contributed by atoms with E-state index in [4.69, 9.17) is 39.5 Å². The molecule has 2 aromatic carbocycles. The molecule has 0 heterocycles. The van der Waals surface area contributed by atoms with Crippen molar-refractivity contribution in [3.63, 3.8) is 0 Å². The maximum Gasteiger partial charge on any atom is 0.265 e. The molecule has 0 fully saturated rings. The van der Waals surface area contributed by atoms with Crippen molar-refractivity contribution < 1.29 is 13.2 Å². The summed E-state index contributed by atoms with van der Waals surface area (Å²) in [5.74, 6) is 0.303. The maximum atomic E-state index is 12.9. The van der Waals surface area contributed by atoms with Gasteiger partial charge in [0, 0.05) is 12.1 Å². The Morgan fingerprint density at radius 1 is 1.04 bits per heavy atom. The molecule has 0 spiro atoms. The van der Waals surface area contributed by atoms with Crippen molar-refractivity contribution in [2.45, 2.75) is 11.8 Å². The molecule has 23 heavy (non-hydrogen) atoms. The lowest BCUT2D eigenvalue weighted by atomic mass is 10.2. The molecule has 8 heteroatoms. The minimum atomic E-state index is -3.91. The van der Waals surface area contributed by atoms with Crippen LogP contribution in [0.3, 0.4) is 0 Å². The first-order valence-corrected chi connectivity index (χ1v) is 9.04. The fraction of sp³-hybridized carbons (Fsp3) is 0.200. The van der Waals surface area contributed by atoms with E-state index in [-0.39, 0.29) is 14.9 Å². The number of benzene rings is 2. The summed E-state index contributed by atoms with van der Waals surface area (Å²) in [6.07, 6.45) is 0. The fourth-order valence-corrected chi connectivity index (χ4v) is 4.30. The van der Waals surface area contributed by atoms with E-state index < -0.39 is 10.0 Å². The van der Waals surface area contributed by atoms with Crippen LogP contribution in [0.5, 0.6) is 5.75 Å². The number of anilines is 1. The van der Waals surface area contributed by atoms with Gasteiger partial charge in [0.05, 0.1) is 17.8 Å². The van der Waals surface area contributed by atoms with Crippen molar-refractivity contribution in [1.82, 2.24) is 0 Å². The number of hydrogen-bond donors (Lipinski definition) is 0. The van der Waals surface area contributed by atoms with E-state index in [0.29, 0.717) is 16.5 Å². The Bertz CT molecular complexity index is 853. The van der Waals surface area contributed by atoms with Crippen molar-refractivity contribution >= 4 is 50.5 Å². The lowest BCUT2D eigenvalue weighted by Crippen LogP contribution is -2.27. The third kappa shape index (κ3) is 3.38. The molecule has 0 aliphatic heterocycles. The Hall–Kier alpha value is -1.14. The van der Waals surface area contributed by atoms with E-state index in [2.05, 4.69) is 0 Å². The van der Waals surface area contributed by atoms with Gasteiger partial charge in [-0.2, -0.15) is 0 Å². The molecule has 0 N–H and O–H groups in total. The van der Waals surface area contributed by atoms with Crippen LogP contribution in [0.4, 0.5) is 5.69 Å². The summed E-state index contributed by atoms with van der Waals surface area (Å²) in [4.78, 5) is -0.105. The number of ether oxygens (including phenoxy) is 1. The van der Waals surface area contributed by atoms with Gasteiger partial charge in [0.2, 0.25) is 0 Å². The summed E-state index contributed by atoms with van der Waals surface area (Å²) in [5.41, 5.74) is 1.22. The molecule has 2 aromatic rings. The lowest BCUT2D eigenvalue weighted by molar-refractivity contribution is 0.414. The quantitative estimate of drug-likeness (QED) is 0.749. The Balaban J connectivity index is 2.58. The van der Waals surface area contributed by atoms with Crippen LogP contribution in [0, 0.1) is 6.92 Å². The minimum absolute atomic E-state index is 0.0476. The second kappa shape index (κ2) is 6.77. The molecule has 0 amide bonds. The highest BCUT2D eigenvalue weighted by Gasteiger charge is 2.27. The lowest BCUT2D eigenvalue weighted by Gasteiger charge is -2.22. The van der Waals surface area contributed by atoms with Gasteiger partial charge in [-0.15, -0.1) is 0 Å². The Kier molecular flexibility index (Phi) is 5.36. The van der Waals surface area contributed by atoms with Gasteiger partial charge in [0.25, 0.3) is 10.0 Å². The van der Waals surface area contributed by atoms with Crippen molar-refractivity contribution in [2.24, 2.45) is 0 Å². The Labute approximate surface area is 150 Å². The zero-order valence-corrected chi connectivity index (χ0v) is 15.7. The van der Waals surface area contributed by atoms with Gasteiger partial charge in [-0.1, -0.05) is 40.9 Å². The summed E-state index contributed by atoms with van der Waals surface area (Å²) < 4.78 is 31.9. The van der Waals surface area contributed by atoms with Gasteiger partial charge >= 0.3 is 0 Å². The molecule has 0 saturated heterocycles. The summed E-state index contributed by atoms with van der Waals surface area (Å²) in [5, 5.41) is 0.399. The number of sulfonamides is 1. The van der Waals surface area contributed by atoms with Crippen LogP contribution in [0.1, 0.15) is 5.56 Å². The van der Waals surface area contributed by atoms with E-state index in [1.54, 1.807) is 25.1 Å². The van der Waals surface area contributed by atoms with Crippen molar-refractivity contribution in [3.05, 3.63) is 51.0 Å². The third-order valence-corrected chi connectivity index (χ3v) is 6.41. The number of rotatable bonds is 4.